The summed E-state index contributed by atoms with van der Waals surface area (Å²) in [7, 11) is 0. The standard InChI is InChI=1S/C14H17N/c1-11-10-12-6-2-3-7-13(12)14(11)15-8-4-5-9-15/h2-3,6-7,10,13H,4-5,8-9H2,1H3. The lowest BCUT2D eigenvalue weighted by Crippen LogP contribution is -2.23. The minimum absolute atomic E-state index is 0.549. The molecular weight excluding hydrogens is 182 g/mol. The summed E-state index contributed by atoms with van der Waals surface area (Å²) in [6, 6.07) is 0. The van der Waals surface area contributed by atoms with Gasteiger partial charge in [-0.15, -0.1) is 0 Å². The topological polar surface area (TPSA) is 3.24 Å². The summed E-state index contributed by atoms with van der Waals surface area (Å²) in [5.74, 6) is 0.549. The number of hydrogen-bond acceptors (Lipinski definition) is 1. The van der Waals surface area contributed by atoms with Gasteiger partial charge in [0, 0.05) is 24.7 Å². The number of fused-ring (bicyclic) bond motifs is 1. The monoisotopic (exact) mass is 199 g/mol. The van der Waals surface area contributed by atoms with Crippen molar-refractivity contribution in [2.24, 2.45) is 5.92 Å². The third-order valence-corrected chi connectivity index (χ3v) is 3.59. The Kier molecular flexibility index (Phi) is 2.05. The van der Waals surface area contributed by atoms with Gasteiger partial charge in [-0.1, -0.05) is 30.4 Å². The van der Waals surface area contributed by atoms with Crippen LogP contribution in [0.15, 0.2) is 47.2 Å². The predicted octanol–water partition coefficient (Wildman–Crippen LogP) is 3.04. The molecule has 1 unspecified atom stereocenters. The Labute approximate surface area is 91.5 Å². The van der Waals surface area contributed by atoms with Gasteiger partial charge in [0.05, 0.1) is 0 Å². The van der Waals surface area contributed by atoms with Gasteiger partial charge in [-0.05, 0) is 30.9 Å². The lowest BCUT2D eigenvalue weighted by molar-refractivity contribution is 0.397. The second-order valence-corrected chi connectivity index (χ2v) is 4.63. The minimum atomic E-state index is 0.549. The zero-order chi connectivity index (χ0) is 10.3. The van der Waals surface area contributed by atoms with Crippen LogP contribution in [0.5, 0.6) is 0 Å². The Balaban J connectivity index is 1.93. The Morgan fingerprint density at radius 1 is 1.20 bits per heavy atom. The van der Waals surface area contributed by atoms with Crippen LogP contribution in [0.25, 0.3) is 0 Å². The van der Waals surface area contributed by atoms with Crippen LogP contribution < -0.4 is 0 Å². The van der Waals surface area contributed by atoms with Gasteiger partial charge < -0.3 is 4.90 Å². The molecule has 0 aromatic carbocycles. The molecule has 1 fully saturated rings. The molecule has 0 bridgehead atoms. The van der Waals surface area contributed by atoms with Gasteiger partial charge in [0.25, 0.3) is 0 Å². The van der Waals surface area contributed by atoms with Crippen LogP contribution in [0.2, 0.25) is 0 Å². The molecule has 0 spiro atoms. The number of nitrogens with zero attached hydrogens (tertiary/aromatic N) is 1. The highest BCUT2D eigenvalue weighted by molar-refractivity contribution is 5.51. The molecule has 0 radical (unpaired) electrons. The molecule has 1 atom stereocenters. The number of hydrogen-bond donors (Lipinski definition) is 0. The number of likely N-dealkylation sites (tertiary alicyclic amines) is 1. The summed E-state index contributed by atoms with van der Waals surface area (Å²) >= 11 is 0. The Bertz CT molecular complexity index is 390. The van der Waals surface area contributed by atoms with Crippen LogP contribution in [-0.2, 0) is 0 Å². The van der Waals surface area contributed by atoms with E-state index in [-0.39, 0.29) is 0 Å². The molecule has 1 nitrogen and oxygen atoms in total. The van der Waals surface area contributed by atoms with Gasteiger partial charge in [-0.25, -0.2) is 0 Å². The van der Waals surface area contributed by atoms with Crippen molar-refractivity contribution in [2.75, 3.05) is 13.1 Å². The van der Waals surface area contributed by atoms with Crippen LogP contribution in [0.4, 0.5) is 0 Å². The highest BCUT2D eigenvalue weighted by atomic mass is 15.2. The third-order valence-electron chi connectivity index (χ3n) is 3.59. The first-order valence-electron chi connectivity index (χ1n) is 5.88. The Morgan fingerprint density at radius 2 is 2.00 bits per heavy atom. The fourth-order valence-corrected chi connectivity index (χ4v) is 2.92. The summed E-state index contributed by atoms with van der Waals surface area (Å²) < 4.78 is 0. The molecule has 1 heteroatoms. The Hall–Kier alpha value is -1.24. The maximum Gasteiger partial charge on any atom is 0.0425 e. The number of rotatable bonds is 1. The lowest BCUT2D eigenvalue weighted by atomic mass is 9.95. The molecule has 1 saturated heterocycles. The van der Waals surface area contributed by atoms with E-state index in [0.29, 0.717) is 5.92 Å². The largest absolute Gasteiger partial charge is 0.374 e. The van der Waals surface area contributed by atoms with Crippen molar-refractivity contribution in [2.45, 2.75) is 19.8 Å². The summed E-state index contributed by atoms with van der Waals surface area (Å²) in [5.41, 5.74) is 4.49. The molecule has 1 heterocycles. The summed E-state index contributed by atoms with van der Waals surface area (Å²) in [4.78, 5) is 2.58. The zero-order valence-corrected chi connectivity index (χ0v) is 9.24. The third kappa shape index (κ3) is 1.38. The van der Waals surface area contributed by atoms with E-state index in [1.54, 1.807) is 5.70 Å². The van der Waals surface area contributed by atoms with Crippen LogP contribution in [-0.4, -0.2) is 18.0 Å². The van der Waals surface area contributed by atoms with Crippen molar-refractivity contribution >= 4 is 0 Å². The van der Waals surface area contributed by atoms with Gasteiger partial charge in [0.1, 0.15) is 0 Å². The van der Waals surface area contributed by atoms with Gasteiger partial charge in [-0.2, -0.15) is 0 Å². The van der Waals surface area contributed by atoms with Crippen molar-refractivity contribution in [3.63, 3.8) is 0 Å². The summed E-state index contributed by atoms with van der Waals surface area (Å²) in [6.07, 6.45) is 14.0. The molecule has 3 rings (SSSR count). The van der Waals surface area contributed by atoms with E-state index < -0.39 is 0 Å². The van der Waals surface area contributed by atoms with E-state index in [9.17, 15) is 0 Å². The van der Waals surface area contributed by atoms with Crippen LogP contribution in [0, 0.1) is 5.92 Å². The molecule has 0 aromatic heterocycles. The van der Waals surface area contributed by atoms with Crippen molar-refractivity contribution in [1.29, 1.82) is 0 Å². The molecule has 15 heavy (non-hydrogen) atoms. The molecule has 1 aliphatic heterocycles. The maximum absolute atomic E-state index is 2.58. The molecule has 3 aliphatic rings. The predicted molar refractivity (Wildman–Crippen MR) is 63.4 cm³/mol. The molecular formula is C14H17N. The first-order chi connectivity index (χ1) is 7.36. The van der Waals surface area contributed by atoms with Gasteiger partial charge in [0.15, 0.2) is 0 Å². The average molecular weight is 199 g/mol. The van der Waals surface area contributed by atoms with E-state index in [0.717, 1.165) is 0 Å². The fourth-order valence-electron chi connectivity index (χ4n) is 2.92. The van der Waals surface area contributed by atoms with E-state index in [1.807, 2.05) is 0 Å². The van der Waals surface area contributed by atoms with Crippen LogP contribution in [0.1, 0.15) is 19.8 Å². The van der Waals surface area contributed by atoms with E-state index in [4.69, 9.17) is 0 Å². The van der Waals surface area contributed by atoms with E-state index >= 15 is 0 Å². The highest BCUT2D eigenvalue weighted by Gasteiger charge is 2.28. The molecule has 0 saturated carbocycles. The summed E-state index contributed by atoms with van der Waals surface area (Å²) in [5, 5.41) is 0. The van der Waals surface area contributed by atoms with Crippen molar-refractivity contribution in [3.8, 4) is 0 Å². The summed E-state index contributed by atoms with van der Waals surface area (Å²) in [6.45, 7) is 4.75. The van der Waals surface area contributed by atoms with E-state index in [2.05, 4.69) is 42.2 Å². The smallest absolute Gasteiger partial charge is 0.0425 e. The molecule has 78 valence electrons. The highest BCUT2D eigenvalue weighted by Crippen LogP contribution is 2.38. The molecule has 2 aliphatic carbocycles. The Morgan fingerprint density at radius 3 is 2.80 bits per heavy atom. The van der Waals surface area contributed by atoms with Crippen molar-refractivity contribution < 1.29 is 0 Å². The second-order valence-electron chi connectivity index (χ2n) is 4.63. The fraction of sp³-hybridized carbons (Fsp3) is 0.429. The van der Waals surface area contributed by atoms with Gasteiger partial charge in [-0.3, -0.25) is 0 Å². The first kappa shape index (κ1) is 9.02. The van der Waals surface area contributed by atoms with Gasteiger partial charge in [0.2, 0.25) is 0 Å². The van der Waals surface area contributed by atoms with E-state index in [1.165, 1.54) is 37.1 Å². The maximum atomic E-state index is 2.58. The van der Waals surface area contributed by atoms with Crippen molar-refractivity contribution in [3.05, 3.63) is 47.2 Å². The molecule has 0 N–H and O–H groups in total. The number of allylic oxidation sites excluding steroid dienone is 6. The first-order valence-corrected chi connectivity index (χ1v) is 5.88. The van der Waals surface area contributed by atoms with Crippen LogP contribution in [0.3, 0.4) is 0 Å². The van der Waals surface area contributed by atoms with Gasteiger partial charge >= 0.3 is 0 Å². The molecule has 0 aromatic rings. The quantitative estimate of drug-likeness (QED) is 0.627. The molecule has 0 amide bonds. The second kappa shape index (κ2) is 3.41. The minimum Gasteiger partial charge on any atom is -0.374 e. The average Bonchev–Trinajstić information content (AvgIpc) is 2.82. The SMILES string of the molecule is CC1=C(N2CCCC2)C2C=CC=CC2=C1. The zero-order valence-electron chi connectivity index (χ0n) is 9.24. The van der Waals surface area contributed by atoms with Crippen LogP contribution >= 0.6 is 0 Å². The lowest BCUT2D eigenvalue weighted by Gasteiger charge is -2.26. The normalized spacial score (nSPS) is 28.7. The van der Waals surface area contributed by atoms with Crippen molar-refractivity contribution in [1.82, 2.24) is 4.90 Å².